The molecule has 1 amide bonds. The van der Waals surface area contributed by atoms with Gasteiger partial charge in [-0.15, -0.1) is 0 Å². The molecule has 4 aromatic rings. The summed E-state index contributed by atoms with van der Waals surface area (Å²) in [6.07, 6.45) is 8.04. The van der Waals surface area contributed by atoms with Gasteiger partial charge in [-0.2, -0.15) is 0 Å². The van der Waals surface area contributed by atoms with Crippen LogP contribution in [0.5, 0.6) is 5.75 Å². The van der Waals surface area contributed by atoms with Crippen molar-refractivity contribution in [1.82, 2.24) is 19.9 Å². The lowest BCUT2D eigenvalue weighted by Gasteiger charge is -2.14. The van der Waals surface area contributed by atoms with E-state index in [2.05, 4.69) is 34.9 Å². The van der Waals surface area contributed by atoms with Crippen LogP contribution in [-0.4, -0.2) is 47.0 Å². The van der Waals surface area contributed by atoms with Crippen molar-refractivity contribution >= 4 is 16.9 Å². The Morgan fingerprint density at radius 1 is 1.10 bits per heavy atom. The largest absolute Gasteiger partial charge is 0.496 e. The molecular formula is C25H26N4O2. The van der Waals surface area contributed by atoms with E-state index >= 15 is 0 Å². The Bertz CT molecular complexity index is 1270. The fraction of sp³-hybridized carbons (Fsp3) is 0.240. The van der Waals surface area contributed by atoms with Crippen LogP contribution in [-0.2, 0) is 6.42 Å². The van der Waals surface area contributed by atoms with E-state index in [0.29, 0.717) is 5.56 Å². The Morgan fingerprint density at radius 2 is 1.90 bits per heavy atom. The van der Waals surface area contributed by atoms with Gasteiger partial charge in [0, 0.05) is 66.5 Å². The fourth-order valence-corrected chi connectivity index (χ4v) is 3.98. The van der Waals surface area contributed by atoms with Gasteiger partial charge in [0.15, 0.2) is 0 Å². The number of aromatic nitrogens is 3. The quantitative estimate of drug-likeness (QED) is 0.506. The van der Waals surface area contributed by atoms with Crippen LogP contribution in [0.2, 0.25) is 0 Å². The lowest BCUT2D eigenvalue weighted by Crippen LogP contribution is -2.21. The van der Waals surface area contributed by atoms with Crippen LogP contribution in [0.4, 0.5) is 0 Å². The van der Waals surface area contributed by atoms with E-state index in [-0.39, 0.29) is 5.91 Å². The molecule has 0 saturated carbocycles. The van der Waals surface area contributed by atoms with Crippen LogP contribution in [0.1, 0.15) is 28.4 Å². The average Bonchev–Trinajstić information content (AvgIpc) is 3.22. The molecule has 4 rings (SSSR count). The fourth-order valence-electron chi connectivity index (χ4n) is 3.98. The number of ether oxygens (including phenoxy) is 1. The van der Waals surface area contributed by atoms with Crippen LogP contribution in [0, 0.1) is 6.92 Å². The molecule has 0 atom stereocenters. The standard InChI is InChI=1S/C25H26N4O2/c1-6-18-20(16-10-17(12-26-11-16)25(30)29(3)4)13-27-24-23(18)21(14-28-24)19-9-15(2)7-8-22(19)31-5/h7-14H,6H2,1-5H3,(H,27,28). The maximum atomic E-state index is 12.4. The van der Waals surface area contributed by atoms with Gasteiger partial charge >= 0.3 is 0 Å². The van der Waals surface area contributed by atoms with Crippen molar-refractivity contribution in [2.45, 2.75) is 20.3 Å². The van der Waals surface area contributed by atoms with Crippen LogP contribution >= 0.6 is 0 Å². The van der Waals surface area contributed by atoms with Gasteiger partial charge in [-0.05, 0) is 37.1 Å². The lowest BCUT2D eigenvalue weighted by molar-refractivity contribution is 0.0827. The predicted octanol–water partition coefficient (Wildman–Crippen LogP) is 4.87. The van der Waals surface area contributed by atoms with Crippen molar-refractivity contribution < 1.29 is 9.53 Å². The van der Waals surface area contributed by atoms with E-state index in [1.165, 1.54) is 0 Å². The van der Waals surface area contributed by atoms with Crippen LogP contribution in [0.15, 0.2) is 49.1 Å². The molecule has 6 heteroatoms. The SMILES string of the molecule is CCc1c(-c2cncc(C(=O)N(C)C)c2)cnc2[nH]cc(-c3cc(C)ccc3OC)c12. The van der Waals surface area contributed by atoms with Gasteiger partial charge in [0.2, 0.25) is 0 Å². The molecule has 0 aliphatic rings. The number of H-pyrrole nitrogens is 1. The van der Waals surface area contributed by atoms with Crippen molar-refractivity contribution in [3.05, 3.63) is 65.7 Å². The molecule has 0 bridgehead atoms. The maximum Gasteiger partial charge on any atom is 0.254 e. The Hall–Kier alpha value is -3.67. The zero-order valence-electron chi connectivity index (χ0n) is 18.5. The van der Waals surface area contributed by atoms with Crippen molar-refractivity contribution in [1.29, 1.82) is 0 Å². The van der Waals surface area contributed by atoms with E-state index in [4.69, 9.17) is 4.74 Å². The predicted molar refractivity (Wildman–Crippen MR) is 123 cm³/mol. The zero-order valence-corrected chi connectivity index (χ0v) is 18.5. The summed E-state index contributed by atoms with van der Waals surface area (Å²) in [4.78, 5) is 26.3. The first-order valence-electron chi connectivity index (χ1n) is 10.3. The first-order valence-corrected chi connectivity index (χ1v) is 10.3. The van der Waals surface area contributed by atoms with Gasteiger partial charge in [0.05, 0.1) is 12.7 Å². The molecule has 0 unspecified atom stereocenters. The third-order valence-electron chi connectivity index (χ3n) is 5.51. The summed E-state index contributed by atoms with van der Waals surface area (Å²) in [6.45, 7) is 4.20. The minimum Gasteiger partial charge on any atom is -0.496 e. The molecule has 0 spiro atoms. The van der Waals surface area contributed by atoms with Crippen molar-refractivity contribution in [3.8, 4) is 28.0 Å². The molecule has 6 nitrogen and oxygen atoms in total. The number of carbonyl (C=O) groups is 1. The third-order valence-corrected chi connectivity index (χ3v) is 5.51. The molecule has 3 heterocycles. The molecule has 0 aliphatic carbocycles. The number of benzene rings is 1. The first-order chi connectivity index (χ1) is 14.9. The molecule has 3 aromatic heterocycles. The molecule has 158 valence electrons. The third kappa shape index (κ3) is 3.65. The van der Waals surface area contributed by atoms with E-state index < -0.39 is 0 Å². The molecule has 31 heavy (non-hydrogen) atoms. The number of nitrogens with zero attached hydrogens (tertiary/aromatic N) is 3. The van der Waals surface area contributed by atoms with E-state index in [1.54, 1.807) is 38.5 Å². The summed E-state index contributed by atoms with van der Waals surface area (Å²) >= 11 is 0. The summed E-state index contributed by atoms with van der Waals surface area (Å²) in [7, 11) is 5.16. The molecule has 0 radical (unpaired) electrons. The normalized spacial score (nSPS) is 11.0. The topological polar surface area (TPSA) is 71.1 Å². The summed E-state index contributed by atoms with van der Waals surface area (Å²) in [5.74, 6) is 0.743. The van der Waals surface area contributed by atoms with Crippen LogP contribution in [0.3, 0.4) is 0 Å². The van der Waals surface area contributed by atoms with Crippen molar-refractivity contribution in [2.24, 2.45) is 0 Å². The number of pyridine rings is 2. The number of fused-ring (bicyclic) bond motifs is 1. The Morgan fingerprint density at radius 3 is 2.61 bits per heavy atom. The number of methoxy groups -OCH3 is 1. The summed E-state index contributed by atoms with van der Waals surface area (Å²) in [6, 6.07) is 8.05. The molecule has 0 saturated heterocycles. The van der Waals surface area contributed by atoms with E-state index in [1.807, 2.05) is 30.6 Å². The number of rotatable bonds is 5. The number of nitrogens with one attached hydrogen (secondary N) is 1. The number of aryl methyl sites for hydroxylation is 2. The van der Waals surface area contributed by atoms with Crippen molar-refractivity contribution in [2.75, 3.05) is 21.2 Å². The Balaban J connectivity index is 1.95. The van der Waals surface area contributed by atoms with Crippen LogP contribution < -0.4 is 4.74 Å². The summed E-state index contributed by atoms with van der Waals surface area (Å²) in [5, 5.41) is 1.06. The van der Waals surface area contributed by atoms with Crippen molar-refractivity contribution in [3.63, 3.8) is 0 Å². The van der Waals surface area contributed by atoms with E-state index in [9.17, 15) is 4.79 Å². The minimum absolute atomic E-state index is 0.0757. The second-order valence-corrected chi connectivity index (χ2v) is 7.80. The average molecular weight is 415 g/mol. The molecular weight excluding hydrogens is 388 g/mol. The van der Waals surface area contributed by atoms with Gasteiger partial charge in [0.1, 0.15) is 11.4 Å². The number of carbonyl (C=O) groups excluding carboxylic acids is 1. The molecule has 1 N–H and O–H groups in total. The lowest BCUT2D eigenvalue weighted by atomic mass is 9.93. The molecule has 1 aromatic carbocycles. The first kappa shape index (κ1) is 20.6. The Labute approximate surface area is 181 Å². The van der Waals surface area contributed by atoms with Gasteiger partial charge in [0.25, 0.3) is 5.91 Å². The zero-order chi connectivity index (χ0) is 22.1. The molecule has 0 aliphatic heterocycles. The maximum absolute atomic E-state index is 12.4. The van der Waals surface area contributed by atoms with Crippen LogP contribution in [0.25, 0.3) is 33.3 Å². The van der Waals surface area contributed by atoms with E-state index in [0.717, 1.165) is 56.6 Å². The second kappa shape index (κ2) is 8.22. The Kier molecular flexibility index (Phi) is 5.46. The van der Waals surface area contributed by atoms with Gasteiger partial charge in [-0.1, -0.05) is 18.6 Å². The van der Waals surface area contributed by atoms with Gasteiger partial charge in [-0.25, -0.2) is 4.98 Å². The smallest absolute Gasteiger partial charge is 0.254 e. The minimum atomic E-state index is -0.0757. The monoisotopic (exact) mass is 414 g/mol. The van der Waals surface area contributed by atoms with Gasteiger partial charge < -0.3 is 14.6 Å². The second-order valence-electron chi connectivity index (χ2n) is 7.80. The summed E-state index contributed by atoms with van der Waals surface area (Å²) in [5.41, 5.74) is 7.62. The molecule has 0 fully saturated rings. The number of hydrogen-bond acceptors (Lipinski definition) is 4. The van der Waals surface area contributed by atoms with Gasteiger partial charge in [-0.3, -0.25) is 9.78 Å². The highest BCUT2D eigenvalue weighted by atomic mass is 16.5. The highest BCUT2D eigenvalue weighted by molar-refractivity contribution is 6.01. The summed E-state index contributed by atoms with van der Waals surface area (Å²) < 4.78 is 5.64. The highest BCUT2D eigenvalue weighted by Crippen LogP contribution is 2.39. The number of amides is 1. The number of aromatic amines is 1. The highest BCUT2D eigenvalue weighted by Gasteiger charge is 2.19. The number of hydrogen-bond donors (Lipinski definition) is 1.